The van der Waals surface area contributed by atoms with Gasteiger partial charge >= 0.3 is 0 Å². The van der Waals surface area contributed by atoms with Crippen LogP contribution in [-0.2, 0) is 0 Å². The Morgan fingerprint density at radius 2 is 1.22 bits per heavy atom. The lowest BCUT2D eigenvalue weighted by Crippen LogP contribution is -2.49. The van der Waals surface area contributed by atoms with Gasteiger partial charge in [-0.1, -0.05) is 102 Å². The largest absolute Gasteiger partial charge is 0.492 e. The molecule has 1 saturated heterocycles. The van der Waals surface area contributed by atoms with Gasteiger partial charge in [-0.15, -0.1) is 5.10 Å². The molecule has 6 nitrogen and oxygen atoms in total. The second kappa shape index (κ2) is 10.1. The van der Waals surface area contributed by atoms with Gasteiger partial charge in [0.1, 0.15) is 5.82 Å². The highest BCUT2D eigenvalue weighted by atomic mass is 32.1. The Labute approximate surface area is 221 Å². The van der Waals surface area contributed by atoms with Gasteiger partial charge < -0.3 is 5.11 Å². The molecular formula is C30H31N5OS. The van der Waals surface area contributed by atoms with Crippen LogP contribution in [0.4, 0.5) is 0 Å². The van der Waals surface area contributed by atoms with Crippen LogP contribution in [0.25, 0.3) is 4.96 Å². The summed E-state index contributed by atoms with van der Waals surface area (Å²) in [6.07, 6.45) is 0. The molecule has 1 aliphatic heterocycles. The predicted octanol–water partition coefficient (Wildman–Crippen LogP) is 5.61. The number of piperazine rings is 1. The fourth-order valence-electron chi connectivity index (χ4n) is 5.44. The number of aromatic nitrogens is 3. The standard InChI is InChI=1S/C30H31N5OS/c1-21-13-15-25(16-14-21)27(28-29(36)35-30(37-28)31-22(2)32-35)34-19-17-33(18-20-34)26(23-9-5-3-6-10-23)24-11-7-4-8-12-24/h3-16,26-27,36H,17-20H2,1-2H3. The average molecular weight is 510 g/mol. The van der Waals surface area contributed by atoms with Crippen LogP contribution < -0.4 is 0 Å². The first-order valence-electron chi connectivity index (χ1n) is 12.8. The van der Waals surface area contributed by atoms with Crippen molar-refractivity contribution < 1.29 is 5.11 Å². The van der Waals surface area contributed by atoms with E-state index in [4.69, 9.17) is 0 Å². The number of thiazole rings is 1. The summed E-state index contributed by atoms with van der Waals surface area (Å²) in [5, 5.41) is 15.6. The summed E-state index contributed by atoms with van der Waals surface area (Å²) in [6, 6.07) is 30.4. The Morgan fingerprint density at radius 1 is 0.703 bits per heavy atom. The van der Waals surface area contributed by atoms with Gasteiger partial charge in [0.15, 0.2) is 0 Å². The predicted molar refractivity (Wildman–Crippen MR) is 148 cm³/mol. The van der Waals surface area contributed by atoms with E-state index in [2.05, 4.69) is 112 Å². The van der Waals surface area contributed by atoms with Gasteiger partial charge in [0.05, 0.1) is 17.0 Å². The van der Waals surface area contributed by atoms with E-state index in [1.807, 2.05) is 6.92 Å². The molecule has 188 valence electrons. The molecule has 37 heavy (non-hydrogen) atoms. The summed E-state index contributed by atoms with van der Waals surface area (Å²) in [7, 11) is 0. The third kappa shape index (κ3) is 4.66. The molecule has 0 spiro atoms. The van der Waals surface area contributed by atoms with Crippen LogP contribution in [0.5, 0.6) is 5.88 Å². The molecule has 5 aromatic rings. The van der Waals surface area contributed by atoms with E-state index >= 15 is 0 Å². The molecule has 0 radical (unpaired) electrons. The van der Waals surface area contributed by atoms with Gasteiger partial charge in [0.25, 0.3) is 0 Å². The minimum Gasteiger partial charge on any atom is -0.492 e. The van der Waals surface area contributed by atoms with Crippen LogP contribution in [0, 0.1) is 13.8 Å². The normalized spacial score (nSPS) is 16.0. The smallest absolute Gasteiger partial charge is 0.230 e. The van der Waals surface area contributed by atoms with Crippen molar-refractivity contribution in [2.24, 2.45) is 0 Å². The number of rotatable bonds is 6. The van der Waals surface area contributed by atoms with E-state index in [9.17, 15) is 5.11 Å². The van der Waals surface area contributed by atoms with Crippen molar-refractivity contribution in [1.82, 2.24) is 24.4 Å². The maximum absolute atomic E-state index is 11.2. The molecule has 0 amide bonds. The second-order valence-electron chi connectivity index (χ2n) is 9.75. The van der Waals surface area contributed by atoms with Gasteiger partial charge in [-0.25, -0.2) is 4.98 Å². The Bertz CT molecular complexity index is 1430. The molecule has 0 saturated carbocycles. The van der Waals surface area contributed by atoms with E-state index in [1.54, 1.807) is 4.52 Å². The van der Waals surface area contributed by atoms with Crippen molar-refractivity contribution in [3.63, 3.8) is 0 Å². The second-order valence-corrected chi connectivity index (χ2v) is 10.8. The lowest BCUT2D eigenvalue weighted by Gasteiger charge is -2.42. The van der Waals surface area contributed by atoms with Crippen LogP contribution in [0.2, 0.25) is 0 Å². The van der Waals surface area contributed by atoms with Gasteiger partial charge in [-0.05, 0) is 30.5 Å². The zero-order chi connectivity index (χ0) is 25.4. The molecule has 0 bridgehead atoms. The molecule has 7 heteroatoms. The van der Waals surface area contributed by atoms with E-state index in [-0.39, 0.29) is 18.0 Å². The van der Waals surface area contributed by atoms with Crippen LogP contribution in [0.15, 0.2) is 84.9 Å². The summed E-state index contributed by atoms with van der Waals surface area (Å²) in [6.45, 7) is 7.59. The summed E-state index contributed by atoms with van der Waals surface area (Å²) < 4.78 is 1.58. The molecule has 3 aromatic carbocycles. The Kier molecular flexibility index (Phi) is 6.50. The maximum atomic E-state index is 11.2. The highest BCUT2D eigenvalue weighted by molar-refractivity contribution is 7.17. The van der Waals surface area contributed by atoms with Crippen LogP contribution in [-0.4, -0.2) is 55.7 Å². The van der Waals surface area contributed by atoms with E-state index in [1.165, 1.54) is 33.6 Å². The molecule has 1 N–H and O–H groups in total. The third-order valence-corrected chi connectivity index (χ3v) is 8.33. The Morgan fingerprint density at radius 3 is 1.76 bits per heavy atom. The fraction of sp³-hybridized carbons (Fsp3) is 0.267. The van der Waals surface area contributed by atoms with Crippen molar-refractivity contribution >= 4 is 16.3 Å². The third-order valence-electron chi connectivity index (χ3n) is 7.26. The monoisotopic (exact) mass is 509 g/mol. The lowest BCUT2D eigenvalue weighted by atomic mass is 9.96. The van der Waals surface area contributed by atoms with Gasteiger partial charge in [-0.2, -0.15) is 4.52 Å². The quantitative estimate of drug-likeness (QED) is 0.322. The highest BCUT2D eigenvalue weighted by Crippen LogP contribution is 2.41. The number of fused-ring (bicyclic) bond motifs is 1. The van der Waals surface area contributed by atoms with E-state index in [0.717, 1.165) is 36.0 Å². The first-order valence-corrected chi connectivity index (χ1v) is 13.6. The van der Waals surface area contributed by atoms with Crippen molar-refractivity contribution in [1.29, 1.82) is 0 Å². The average Bonchev–Trinajstić information content (AvgIpc) is 3.44. The Balaban J connectivity index is 1.32. The number of aromatic hydroxyl groups is 1. The summed E-state index contributed by atoms with van der Waals surface area (Å²) in [5.41, 5.74) is 5.04. The molecule has 1 unspecified atom stereocenters. The van der Waals surface area contributed by atoms with Crippen LogP contribution in [0.3, 0.4) is 0 Å². The molecule has 0 aliphatic carbocycles. The van der Waals surface area contributed by atoms with E-state index < -0.39 is 0 Å². The van der Waals surface area contributed by atoms with Gasteiger partial charge in [-0.3, -0.25) is 9.80 Å². The number of hydrogen-bond acceptors (Lipinski definition) is 6. The summed E-state index contributed by atoms with van der Waals surface area (Å²) in [4.78, 5) is 11.2. The minimum absolute atomic E-state index is 0.0524. The summed E-state index contributed by atoms with van der Waals surface area (Å²) >= 11 is 1.53. The number of benzene rings is 3. The molecule has 6 rings (SSSR count). The number of aryl methyl sites for hydroxylation is 2. The number of hydrogen-bond donors (Lipinski definition) is 1. The fourth-order valence-corrected chi connectivity index (χ4v) is 6.60. The number of nitrogens with zero attached hydrogens (tertiary/aromatic N) is 5. The lowest BCUT2D eigenvalue weighted by molar-refractivity contribution is 0.0899. The molecule has 2 aromatic heterocycles. The molecule has 3 heterocycles. The molecule has 1 fully saturated rings. The van der Waals surface area contributed by atoms with E-state index in [0.29, 0.717) is 5.82 Å². The van der Waals surface area contributed by atoms with Crippen molar-refractivity contribution in [3.05, 3.63) is 118 Å². The Hall–Kier alpha value is -3.52. The topological polar surface area (TPSA) is 56.9 Å². The molecular weight excluding hydrogens is 478 g/mol. The molecule has 1 atom stereocenters. The zero-order valence-electron chi connectivity index (χ0n) is 21.2. The van der Waals surface area contributed by atoms with Crippen molar-refractivity contribution in [3.8, 4) is 5.88 Å². The van der Waals surface area contributed by atoms with Crippen molar-refractivity contribution in [2.75, 3.05) is 26.2 Å². The summed E-state index contributed by atoms with van der Waals surface area (Å²) in [5.74, 6) is 0.863. The van der Waals surface area contributed by atoms with Crippen LogP contribution in [0.1, 0.15) is 45.0 Å². The zero-order valence-corrected chi connectivity index (χ0v) is 22.0. The first kappa shape index (κ1) is 23.9. The van der Waals surface area contributed by atoms with Gasteiger partial charge in [0, 0.05) is 26.2 Å². The SMILES string of the molecule is Cc1ccc(C(c2sc3nc(C)nn3c2O)N2CCN(C(c3ccccc3)c3ccccc3)CC2)cc1. The van der Waals surface area contributed by atoms with Crippen LogP contribution >= 0.6 is 11.3 Å². The highest BCUT2D eigenvalue weighted by Gasteiger charge is 2.33. The minimum atomic E-state index is -0.0524. The maximum Gasteiger partial charge on any atom is 0.230 e. The molecule has 1 aliphatic rings. The van der Waals surface area contributed by atoms with Gasteiger partial charge in [0.2, 0.25) is 10.8 Å². The van der Waals surface area contributed by atoms with Crippen molar-refractivity contribution in [2.45, 2.75) is 25.9 Å². The first-order chi connectivity index (χ1) is 18.1.